The fourth-order valence-corrected chi connectivity index (χ4v) is 4.65. The van der Waals surface area contributed by atoms with E-state index in [1.165, 1.54) is 6.33 Å². The lowest BCUT2D eigenvalue weighted by molar-refractivity contribution is -0.0425. The highest BCUT2D eigenvalue weighted by molar-refractivity contribution is 7.53. The molecule has 212 valence electrons. The third-order valence-electron chi connectivity index (χ3n) is 5.71. The van der Waals surface area contributed by atoms with E-state index < -0.39 is 57.6 Å². The first-order valence-electron chi connectivity index (χ1n) is 11.9. The first-order chi connectivity index (χ1) is 17.8. The van der Waals surface area contributed by atoms with Crippen molar-refractivity contribution in [1.29, 1.82) is 0 Å². The molecule has 0 bridgehead atoms. The summed E-state index contributed by atoms with van der Waals surface area (Å²) in [6, 6.07) is 0. The Hall–Kier alpha value is -3.00. The van der Waals surface area contributed by atoms with E-state index in [4.69, 9.17) is 38.5 Å². The second-order valence-electron chi connectivity index (χ2n) is 9.86. The van der Waals surface area contributed by atoms with E-state index in [9.17, 15) is 14.2 Å². The first kappa shape index (κ1) is 29.6. The van der Waals surface area contributed by atoms with Crippen LogP contribution >= 0.6 is 7.60 Å². The van der Waals surface area contributed by atoms with Crippen molar-refractivity contribution in [3.8, 4) is 0 Å². The lowest BCUT2D eigenvalue weighted by Gasteiger charge is -2.25. The number of fused-ring (bicyclic) bond motifs is 1. The van der Waals surface area contributed by atoms with Crippen LogP contribution in [-0.4, -0.2) is 69.6 Å². The van der Waals surface area contributed by atoms with Crippen LogP contribution in [0.2, 0.25) is 0 Å². The molecule has 0 amide bonds. The molecule has 3 rings (SSSR count). The molecule has 0 saturated heterocycles. The van der Waals surface area contributed by atoms with Crippen molar-refractivity contribution in [2.24, 2.45) is 5.41 Å². The van der Waals surface area contributed by atoms with Gasteiger partial charge < -0.3 is 34.0 Å². The van der Waals surface area contributed by atoms with E-state index in [-0.39, 0.29) is 11.2 Å². The molecule has 2 heterocycles. The fourth-order valence-electron chi connectivity index (χ4n) is 3.60. The summed E-state index contributed by atoms with van der Waals surface area (Å²) in [5.41, 5.74) is 5.75. The Kier molecular flexibility index (Phi) is 9.18. The summed E-state index contributed by atoms with van der Waals surface area (Å²) in [5, 5.41) is 0. The number of nitrogen functional groups attached to an aromatic ring is 1. The molecule has 2 N–H and O–H groups in total. The smallest absolute Gasteiger partial charge is 0.432 e. The standard InChI is InChI=1S/C22H34N5O10P/c1-14(2)36-19(28)31-11-34-38(30,35-12-32-20(29)37-15(3)4)13-33-22(7-21(22,5)6)8-27-10-26-16-17(23)24-9-25-18(16)27/h9-10,14-15H,7-8,11-13H2,1-6H3,(H2,23,24,25). The molecule has 2 aromatic heterocycles. The molecule has 2 aromatic rings. The predicted octanol–water partition coefficient (Wildman–Crippen LogP) is 3.82. The molecular weight excluding hydrogens is 525 g/mol. The summed E-state index contributed by atoms with van der Waals surface area (Å²) in [6.45, 7) is 9.33. The maximum absolute atomic E-state index is 13.5. The van der Waals surface area contributed by atoms with Gasteiger partial charge in [0.2, 0.25) is 13.6 Å². The Labute approximate surface area is 219 Å². The Morgan fingerprint density at radius 2 is 1.58 bits per heavy atom. The number of hydrogen-bond acceptors (Lipinski definition) is 14. The topological polar surface area (TPSA) is 185 Å². The normalized spacial score (nSPS) is 18.5. The molecule has 1 aliphatic rings. The van der Waals surface area contributed by atoms with Gasteiger partial charge in [0.05, 0.1) is 30.7 Å². The zero-order valence-corrected chi connectivity index (χ0v) is 23.1. The quantitative estimate of drug-likeness (QED) is 0.212. The van der Waals surface area contributed by atoms with Gasteiger partial charge in [-0.15, -0.1) is 0 Å². The van der Waals surface area contributed by atoms with Crippen LogP contribution < -0.4 is 5.73 Å². The summed E-state index contributed by atoms with van der Waals surface area (Å²) in [7, 11) is -4.12. The Bertz CT molecular complexity index is 1150. The van der Waals surface area contributed by atoms with Crippen LogP contribution in [0.15, 0.2) is 12.7 Å². The molecule has 15 nitrogen and oxygen atoms in total. The van der Waals surface area contributed by atoms with Crippen molar-refractivity contribution in [2.75, 3.05) is 25.7 Å². The lowest BCUT2D eigenvalue weighted by Crippen LogP contribution is -2.28. The third-order valence-corrected chi connectivity index (χ3v) is 7.15. The molecule has 1 saturated carbocycles. The lowest BCUT2D eigenvalue weighted by atomic mass is 10.1. The monoisotopic (exact) mass is 559 g/mol. The molecule has 1 fully saturated rings. The molecule has 16 heteroatoms. The Morgan fingerprint density at radius 3 is 2.08 bits per heavy atom. The molecule has 0 spiro atoms. The van der Waals surface area contributed by atoms with Crippen molar-refractivity contribution in [1.82, 2.24) is 19.5 Å². The van der Waals surface area contributed by atoms with Gasteiger partial charge in [-0.1, -0.05) is 13.8 Å². The van der Waals surface area contributed by atoms with Crippen LogP contribution in [-0.2, 0) is 43.8 Å². The number of nitrogens with zero attached hydrogens (tertiary/aromatic N) is 4. The van der Waals surface area contributed by atoms with Gasteiger partial charge in [0.15, 0.2) is 11.5 Å². The average molecular weight is 560 g/mol. The number of ether oxygens (including phenoxy) is 5. The largest absolute Gasteiger partial charge is 0.510 e. The zero-order valence-electron chi connectivity index (χ0n) is 22.2. The van der Waals surface area contributed by atoms with Gasteiger partial charge in [0.1, 0.15) is 18.2 Å². The predicted molar refractivity (Wildman–Crippen MR) is 132 cm³/mol. The van der Waals surface area contributed by atoms with Crippen molar-refractivity contribution >= 4 is 36.9 Å². The number of carbonyl (C=O) groups is 2. The Balaban J connectivity index is 1.69. The summed E-state index contributed by atoms with van der Waals surface area (Å²) < 4.78 is 51.2. The van der Waals surface area contributed by atoms with Crippen LogP contribution in [0, 0.1) is 5.41 Å². The van der Waals surface area contributed by atoms with Crippen LogP contribution in [0.25, 0.3) is 11.2 Å². The molecule has 1 unspecified atom stereocenters. The van der Waals surface area contributed by atoms with Crippen LogP contribution in [0.3, 0.4) is 0 Å². The highest BCUT2D eigenvalue weighted by Gasteiger charge is 2.63. The minimum Gasteiger partial charge on any atom is -0.432 e. The number of imidazole rings is 1. The molecular formula is C22H34N5O10P. The van der Waals surface area contributed by atoms with Gasteiger partial charge in [-0.3, -0.25) is 13.6 Å². The molecule has 1 aliphatic carbocycles. The van der Waals surface area contributed by atoms with Crippen molar-refractivity contribution in [3.63, 3.8) is 0 Å². The first-order valence-corrected chi connectivity index (χ1v) is 13.6. The molecule has 0 aromatic carbocycles. The minimum absolute atomic E-state index is 0.247. The molecule has 38 heavy (non-hydrogen) atoms. The number of nitrogens with two attached hydrogens (primary N) is 1. The fraction of sp³-hybridized carbons (Fsp3) is 0.682. The van der Waals surface area contributed by atoms with Crippen molar-refractivity contribution in [3.05, 3.63) is 12.7 Å². The second-order valence-corrected chi connectivity index (χ2v) is 11.9. The summed E-state index contributed by atoms with van der Waals surface area (Å²) >= 11 is 0. The number of hydrogen-bond donors (Lipinski definition) is 1. The van der Waals surface area contributed by atoms with Crippen molar-refractivity contribution in [2.45, 2.75) is 72.3 Å². The van der Waals surface area contributed by atoms with Crippen LogP contribution in [0.1, 0.15) is 48.0 Å². The van der Waals surface area contributed by atoms with Gasteiger partial charge in [0, 0.05) is 0 Å². The van der Waals surface area contributed by atoms with Gasteiger partial charge >= 0.3 is 19.9 Å². The maximum atomic E-state index is 13.5. The zero-order chi connectivity index (χ0) is 28.1. The van der Waals surface area contributed by atoms with E-state index in [1.807, 2.05) is 13.8 Å². The molecule has 0 radical (unpaired) electrons. The van der Waals surface area contributed by atoms with E-state index in [0.717, 1.165) is 0 Å². The third kappa shape index (κ3) is 7.53. The van der Waals surface area contributed by atoms with Gasteiger partial charge in [-0.25, -0.2) is 24.5 Å². The highest BCUT2D eigenvalue weighted by atomic mass is 31.2. The summed E-state index contributed by atoms with van der Waals surface area (Å²) in [6.07, 6.45) is 0.0996. The van der Waals surface area contributed by atoms with E-state index >= 15 is 0 Å². The maximum Gasteiger partial charge on any atom is 0.510 e. The van der Waals surface area contributed by atoms with E-state index in [2.05, 4.69) is 15.0 Å². The van der Waals surface area contributed by atoms with Gasteiger partial charge in [0.25, 0.3) is 0 Å². The number of rotatable bonds is 13. The minimum atomic E-state index is -4.12. The number of carbonyl (C=O) groups excluding carboxylic acids is 2. The summed E-state index contributed by atoms with van der Waals surface area (Å²) in [5.74, 6) is 0.247. The van der Waals surface area contributed by atoms with Gasteiger partial charge in [-0.2, -0.15) is 0 Å². The number of aromatic nitrogens is 4. The van der Waals surface area contributed by atoms with Gasteiger partial charge in [-0.05, 0) is 39.5 Å². The Morgan fingerprint density at radius 1 is 1.03 bits per heavy atom. The highest BCUT2D eigenvalue weighted by Crippen LogP contribution is 2.61. The van der Waals surface area contributed by atoms with E-state index in [1.54, 1.807) is 38.6 Å². The summed E-state index contributed by atoms with van der Waals surface area (Å²) in [4.78, 5) is 35.8. The molecule has 1 atom stereocenters. The van der Waals surface area contributed by atoms with Crippen molar-refractivity contribution < 1.29 is 46.9 Å². The van der Waals surface area contributed by atoms with Crippen LogP contribution in [0.4, 0.5) is 15.4 Å². The average Bonchev–Trinajstić information content (AvgIpc) is 3.11. The van der Waals surface area contributed by atoms with E-state index in [0.29, 0.717) is 24.1 Å². The number of anilines is 1. The SMILES string of the molecule is CC(C)OC(=O)OCOP(=O)(COC1(Cn2cnc3c(N)ncnc32)CC1(C)C)OCOC(=O)OC(C)C. The second kappa shape index (κ2) is 11.8. The molecule has 0 aliphatic heterocycles. The van der Waals surface area contributed by atoms with Crippen LogP contribution in [0.5, 0.6) is 0 Å².